The highest BCUT2D eigenvalue weighted by atomic mass is 16.5. The molecule has 0 aliphatic carbocycles. The quantitative estimate of drug-likeness (QED) is 0.691. The lowest BCUT2D eigenvalue weighted by Crippen LogP contribution is -2.46. The molecule has 0 aromatic rings. The largest absolute Gasteiger partial charge is 0.380 e. The Morgan fingerprint density at radius 1 is 1.33 bits per heavy atom. The van der Waals surface area contributed by atoms with Crippen molar-refractivity contribution in [1.82, 2.24) is 10.2 Å². The van der Waals surface area contributed by atoms with Crippen LogP contribution in [-0.2, 0) is 4.74 Å². The fourth-order valence-corrected chi connectivity index (χ4v) is 2.87. The van der Waals surface area contributed by atoms with Gasteiger partial charge in [-0.1, -0.05) is 6.92 Å². The van der Waals surface area contributed by atoms with E-state index in [0.717, 1.165) is 38.1 Å². The predicted molar refractivity (Wildman–Crippen MR) is 62.1 cm³/mol. The Hall–Kier alpha value is -0.120. The smallest absolute Gasteiger partial charge is 0.0593 e. The molecular weight excluding hydrogens is 188 g/mol. The van der Waals surface area contributed by atoms with Crippen molar-refractivity contribution in [2.75, 3.05) is 39.4 Å². The minimum atomic E-state index is 0.795. The molecule has 2 aliphatic heterocycles. The Kier molecular flexibility index (Phi) is 4.42. The summed E-state index contributed by atoms with van der Waals surface area (Å²) in [5, 5.41) is 3.51. The molecule has 2 rings (SSSR count). The minimum Gasteiger partial charge on any atom is -0.380 e. The molecule has 1 N–H and O–H groups in total. The summed E-state index contributed by atoms with van der Waals surface area (Å²) in [5.41, 5.74) is 0. The molecule has 2 fully saturated rings. The van der Waals surface area contributed by atoms with Gasteiger partial charge in [-0.25, -0.2) is 0 Å². The van der Waals surface area contributed by atoms with Crippen LogP contribution in [0.25, 0.3) is 0 Å². The van der Waals surface area contributed by atoms with E-state index in [9.17, 15) is 0 Å². The van der Waals surface area contributed by atoms with E-state index in [2.05, 4.69) is 17.1 Å². The molecule has 88 valence electrons. The van der Waals surface area contributed by atoms with Crippen LogP contribution >= 0.6 is 0 Å². The molecule has 2 saturated heterocycles. The van der Waals surface area contributed by atoms with Gasteiger partial charge in [0.2, 0.25) is 0 Å². The average molecular weight is 212 g/mol. The van der Waals surface area contributed by atoms with Crippen LogP contribution in [-0.4, -0.2) is 50.3 Å². The number of piperidine rings is 1. The van der Waals surface area contributed by atoms with Gasteiger partial charge in [0.05, 0.1) is 6.61 Å². The molecule has 3 nitrogen and oxygen atoms in total. The maximum absolute atomic E-state index is 5.57. The molecule has 2 atom stereocenters. The normalized spacial score (nSPS) is 31.8. The van der Waals surface area contributed by atoms with Crippen molar-refractivity contribution < 1.29 is 4.74 Å². The second kappa shape index (κ2) is 5.83. The molecule has 3 heteroatoms. The first-order valence-electron chi connectivity index (χ1n) is 6.44. The Morgan fingerprint density at radius 3 is 3.13 bits per heavy atom. The van der Waals surface area contributed by atoms with Crippen molar-refractivity contribution >= 4 is 0 Å². The monoisotopic (exact) mass is 212 g/mol. The van der Waals surface area contributed by atoms with Crippen LogP contribution in [0.3, 0.4) is 0 Å². The van der Waals surface area contributed by atoms with Crippen molar-refractivity contribution in [3.05, 3.63) is 0 Å². The second-order valence-corrected chi connectivity index (χ2v) is 4.78. The van der Waals surface area contributed by atoms with E-state index < -0.39 is 0 Å². The van der Waals surface area contributed by atoms with Crippen molar-refractivity contribution in [3.8, 4) is 0 Å². The summed E-state index contributed by atoms with van der Waals surface area (Å²) in [6.45, 7) is 8.83. The zero-order chi connectivity index (χ0) is 10.5. The van der Waals surface area contributed by atoms with E-state index in [1.165, 1.54) is 32.5 Å². The van der Waals surface area contributed by atoms with E-state index >= 15 is 0 Å². The zero-order valence-corrected chi connectivity index (χ0v) is 9.87. The van der Waals surface area contributed by atoms with E-state index in [0.29, 0.717) is 0 Å². The van der Waals surface area contributed by atoms with Crippen molar-refractivity contribution in [3.63, 3.8) is 0 Å². The Morgan fingerprint density at radius 2 is 2.27 bits per heavy atom. The fraction of sp³-hybridized carbons (Fsp3) is 1.00. The predicted octanol–water partition coefficient (Wildman–Crippen LogP) is 1.10. The molecule has 15 heavy (non-hydrogen) atoms. The summed E-state index contributed by atoms with van der Waals surface area (Å²) in [6, 6.07) is 0.795. The lowest BCUT2D eigenvalue weighted by molar-refractivity contribution is 0.0635. The third-order valence-electron chi connectivity index (χ3n) is 3.66. The van der Waals surface area contributed by atoms with E-state index in [4.69, 9.17) is 4.74 Å². The van der Waals surface area contributed by atoms with Gasteiger partial charge in [0.1, 0.15) is 0 Å². The van der Waals surface area contributed by atoms with Crippen molar-refractivity contribution in [2.45, 2.75) is 32.2 Å². The van der Waals surface area contributed by atoms with Gasteiger partial charge in [-0.15, -0.1) is 0 Å². The van der Waals surface area contributed by atoms with Gasteiger partial charge in [-0.05, 0) is 38.3 Å². The van der Waals surface area contributed by atoms with Gasteiger partial charge < -0.3 is 10.1 Å². The number of hydrogen-bond donors (Lipinski definition) is 1. The van der Waals surface area contributed by atoms with E-state index in [-0.39, 0.29) is 0 Å². The highest BCUT2D eigenvalue weighted by molar-refractivity contribution is 4.91. The lowest BCUT2D eigenvalue weighted by Gasteiger charge is -2.36. The standard InChI is InChI=1S/C12H24N2O/c1-2-7-15-8-6-14-5-3-4-11-9-13-10-12(11)14/h11-13H,2-10H2,1H3. The van der Waals surface area contributed by atoms with Crippen LogP contribution in [0.5, 0.6) is 0 Å². The van der Waals surface area contributed by atoms with Gasteiger partial charge in [0.25, 0.3) is 0 Å². The van der Waals surface area contributed by atoms with Gasteiger partial charge in [-0.3, -0.25) is 4.90 Å². The number of nitrogens with zero attached hydrogens (tertiary/aromatic N) is 1. The summed E-state index contributed by atoms with van der Waals surface area (Å²) in [5.74, 6) is 0.907. The number of hydrogen-bond acceptors (Lipinski definition) is 3. The number of likely N-dealkylation sites (tertiary alicyclic amines) is 1. The lowest BCUT2D eigenvalue weighted by atomic mass is 9.92. The molecule has 0 spiro atoms. The molecule has 0 bridgehead atoms. The van der Waals surface area contributed by atoms with Crippen LogP contribution in [0.1, 0.15) is 26.2 Å². The summed E-state index contributed by atoms with van der Waals surface area (Å²) >= 11 is 0. The first-order chi connectivity index (χ1) is 7.42. The minimum absolute atomic E-state index is 0.795. The van der Waals surface area contributed by atoms with Crippen LogP contribution in [0.4, 0.5) is 0 Å². The summed E-state index contributed by atoms with van der Waals surface area (Å²) in [4.78, 5) is 2.63. The third-order valence-corrected chi connectivity index (χ3v) is 3.66. The molecule has 0 radical (unpaired) electrons. The van der Waals surface area contributed by atoms with Gasteiger partial charge >= 0.3 is 0 Å². The Balaban J connectivity index is 1.71. The summed E-state index contributed by atoms with van der Waals surface area (Å²) in [6.07, 6.45) is 3.92. The number of ether oxygens (including phenoxy) is 1. The maximum Gasteiger partial charge on any atom is 0.0593 e. The zero-order valence-electron chi connectivity index (χ0n) is 9.87. The van der Waals surface area contributed by atoms with E-state index in [1.807, 2.05) is 0 Å². The molecule has 0 aromatic heterocycles. The van der Waals surface area contributed by atoms with Crippen LogP contribution in [0.15, 0.2) is 0 Å². The molecule has 0 saturated carbocycles. The second-order valence-electron chi connectivity index (χ2n) is 4.78. The van der Waals surface area contributed by atoms with E-state index in [1.54, 1.807) is 0 Å². The molecule has 2 aliphatic rings. The number of fused-ring (bicyclic) bond motifs is 1. The molecule has 2 unspecified atom stereocenters. The summed E-state index contributed by atoms with van der Waals surface area (Å²) < 4.78 is 5.57. The van der Waals surface area contributed by atoms with Gasteiger partial charge in [0.15, 0.2) is 0 Å². The maximum atomic E-state index is 5.57. The van der Waals surface area contributed by atoms with Crippen LogP contribution in [0, 0.1) is 5.92 Å². The van der Waals surface area contributed by atoms with Crippen LogP contribution < -0.4 is 5.32 Å². The Bertz CT molecular complexity index is 186. The molecular formula is C12H24N2O. The van der Waals surface area contributed by atoms with Crippen LogP contribution in [0.2, 0.25) is 0 Å². The molecule has 0 amide bonds. The summed E-state index contributed by atoms with van der Waals surface area (Å²) in [7, 11) is 0. The number of rotatable bonds is 5. The SMILES string of the molecule is CCCOCCN1CCCC2CNCC21. The Labute approximate surface area is 93.2 Å². The van der Waals surface area contributed by atoms with Gasteiger partial charge in [-0.2, -0.15) is 0 Å². The molecule has 2 heterocycles. The fourth-order valence-electron chi connectivity index (χ4n) is 2.87. The molecule has 0 aromatic carbocycles. The third kappa shape index (κ3) is 2.92. The topological polar surface area (TPSA) is 24.5 Å². The average Bonchev–Trinajstić information content (AvgIpc) is 2.73. The number of nitrogens with one attached hydrogen (secondary N) is 1. The highest BCUT2D eigenvalue weighted by Gasteiger charge is 2.34. The first-order valence-corrected chi connectivity index (χ1v) is 6.44. The van der Waals surface area contributed by atoms with Crippen molar-refractivity contribution in [2.24, 2.45) is 5.92 Å². The van der Waals surface area contributed by atoms with Crippen molar-refractivity contribution in [1.29, 1.82) is 0 Å². The van der Waals surface area contributed by atoms with Gasteiger partial charge in [0, 0.05) is 25.7 Å². The highest BCUT2D eigenvalue weighted by Crippen LogP contribution is 2.25. The first kappa shape index (κ1) is 11.4.